The minimum atomic E-state index is -3.61. The van der Waals surface area contributed by atoms with E-state index in [2.05, 4.69) is 0 Å². The van der Waals surface area contributed by atoms with Gasteiger partial charge in [0.25, 0.3) is 0 Å². The quantitative estimate of drug-likeness (QED) is 0.898. The second kappa shape index (κ2) is 5.61. The molecule has 1 fully saturated rings. The van der Waals surface area contributed by atoms with Gasteiger partial charge in [0.05, 0.1) is 22.4 Å². The molecule has 0 atom stereocenters. The molecule has 1 N–H and O–H groups in total. The van der Waals surface area contributed by atoms with E-state index in [1.165, 1.54) is 28.6 Å². The number of benzene rings is 1. The molecule has 0 bridgehead atoms. The third kappa shape index (κ3) is 2.81. The molecule has 0 spiro atoms. The number of sulfonamides is 1. The van der Waals surface area contributed by atoms with Crippen molar-refractivity contribution in [3.63, 3.8) is 0 Å². The fourth-order valence-corrected chi connectivity index (χ4v) is 3.66. The van der Waals surface area contributed by atoms with Crippen molar-refractivity contribution in [3.05, 3.63) is 29.8 Å². The molecule has 106 valence electrons. The zero-order chi connectivity index (χ0) is 14.8. The molecule has 0 aromatic heterocycles. The second-order valence-corrected chi connectivity index (χ2v) is 6.59. The summed E-state index contributed by atoms with van der Waals surface area (Å²) in [5.74, 6) is -1.34. The summed E-state index contributed by atoms with van der Waals surface area (Å²) in [7, 11) is -3.61. The highest BCUT2D eigenvalue weighted by Crippen LogP contribution is 2.24. The first kappa shape index (κ1) is 14.5. The lowest BCUT2D eigenvalue weighted by molar-refractivity contribution is -0.142. The van der Waals surface area contributed by atoms with Gasteiger partial charge >= 0.3 is 5.97 Å². The number of piperidine rings is 1. The first-order chi connectivity index (χ1) is 9.45. The monoisotopic (exact) mass is 294 g/mol. The number of aliphatic carboxylic acids is 1. The molecule has 7 heteroatoms. The van der Waals surface area contributed by atoms with Crippen molar-refractivity contribution in [3.8, 4) is 6.07 Å². The highest BCUT2D eigenvalue weighted by atomic mass is 32.2. The van der Waals surface area contributed by atoms with Crippen molar-refractivity contribution in [1.29, 1.82) is 5.26 Å². The Bertz CT molecular complexity index is 638. The molecule has 2 rings (SSSR count). The van der Waals surface area contributed by atoms with Crippen LogP contribution in [0.4, 0.5) is 0 Å². The Morgan fingerprint density at radius 2 is 1.80 bits per heavy atom. The Morgan fingerprint density at radius 1 is 1.25 bits per heavy atom. The summed E-state index contributed by atoms with van der Waals surface area (Å²) < 4.78 is 26.0. The van der Waals surface area contributed by atoms with E-state index in [0.717, 1.165) is 0 Å². The van der Waals surface area contributed by atoms with E-state index in [1.54, 1.807) is 0 Å². The SMILES string of the molecule is N#Cc1ccc(S(=O)(=O)N2CCC(C(=O)O)CC2)cc1. The van der Waals surface area contributed by atoms with Crippen molar-refractivity contribution < 1.29 is 18.3 Å². The zero-order valence-electron chi connectivity index (χ0n) is 10.7. The van der Waals surface area contributed by atoms with Crippen LogP contribution in [0, 0.1) is 17.2 Å². The highest BCUT2D eigenvalue weighted by molar-refractivity contribution is 7.89. The van der Waals surface area contributed by atoms with Crippen LogP contribution in [0.2, 0.25) is 0 Å². The number of carboxylic acids is 1. The lowest BCUT2D eigenvalue weighted by Crippen LogP contribution is -2.40. The lowest BCUT2D eigenvalue weighted by Gasteiger charge is -2.29. The summed E-state index contributed by atoms with van der Waals surface area (Å²) in [5.41, 5.74) is 0.397. The molecule has 0 radical (unpaired) electrons. The maximum atomic E-state index is 12.4. The molecule has 0 saturated carbocycles. The number of rotatable bonds is 3. The van der Waals surface area contributed by atoms with Crippen LogP contribution >= 0.6 is 0 Å². The predicted octanol–water partition coefficient (Wildman–Crippen LogP) is 1.04. The van der Waals surface area contributed by atoms with Gasteiger partial charge in [0.1, 0.15) is 0 Å². The molecule has 0 aliphatic carbocycles. The van der Waals surface area contributed by atoms with Crippen molar-refractivity contribution in [2.75, 3.05) is 13.1 Å². The standard InChI is InChI=1S/C13H14N2O4S/c14-9-10-1-3-12(4-2-10)20(18,19)15-7-5-11(6-8-15)13(16)17/h1-4,11H,5-8H2,(H,16,17). The number of nitriles is 1. The fourth-order valence-electron chi connectivity index (χ4n) is 2.19. The smallest absolute Gasteiger partial charge is 0.306 e. The van der Waals surface area contributed by atoms with Gasteiger partial charge in [0.2, 0.25) is 10.0 Å². The van der Waals surface area contributed by atoms with Crippen molar-refractivity contribution in [2.45, 2.75) is 17.7 Å². The van der Waals surface area contributed by atoms with Gasteiger partial charge in [0.15, 0.2) is 0 Å². The summed E-state index contributed by atoms with van der Waals surface area (Å²) >= 11 is 0. The van der Waals surface area contributed by atoms with Gasteiger partial charge in [-0.25, -0.2) is 8.42 Å². The number of carboxylic acid groups (broad SMARTS) is 1. The highest BCUT2D eigenvalue weighted by Gasteiger charge is 2.31. The minimum absolute atomic E-state index is 0.130. The molecule has 1 aliphatic rings. The Hall–Kier alpha value is -1.91. The number of nitrogens with zero attached hydrogens (tertiary/aromatic N) is 2. The van der Waals surface area contributed by atoms with E-state index < -0.39 is 21.9 Å². The average Bonchev–Trinajstić information content (AvgIpc) is 2.47. The normalized spacial score (nSPS) is 17.6. The molecule has 1 heterocycles. The Balaban J connectivity index is 2.15. The van der Waals surface area contributed by atoms with Crippen LogP contribution < -0.4 is 0 Å². The van der Waals surface area contributed by atoms with Crippen molar-refractivity contribution in [2.24, 2.45) is 5.92 Å². The van der Waals surface area contributed by atoms with Gasteiger partial charge < -0.3 is 5.11 Å². The summed E-state index contributed by atoms with van der Waals surface area (Å²) in [6.45, 7) is 0.415. The van der Waals surface area contributed by atoms with Crippen LogP contribution in [-0.4, -0.2) is 36.9 Å². The molecule has 1 saturated heterocycles. The van der Waals surface area contributed by atoms with E-state index >= 15 is 0 Å². The van der Waals surface area contributed by atoms with Gasteiger partial charge in [-0.1, -0.05) is 0 Å². The van der Waals surface area contributed by atoms with Gasteiger partial charge in [-0.15, -0.1) is 0 Å². The molecule has 1 aromatic carbocycles. The fraction of sp³-hybridized carbons (Fsp3) is 0.385. The van der Waals surface area contributed by atoms with Crippen LogP contribution in [0.15, 0.2) is 29.2 Å². The third-order valence-corrected chi connectivity index (χ3v) is 5.34. The van der Waals surface area contributed by atoms with Crippen LogP contribution in [0.25, 0.3) is 0 Å². The number of carbonyl (C=O) groups is 1. The van der Waals surface area contributed by atoms with E-state index in [-0.39, 0.29) is 18.0 Å². The van der Waals surface area contributed by atoms with Gasteiger partial charge in [-0.2, -0.15) is 9.57 Å². The molecule has 1 aliphatic heterocycles. The average molecular weight is 294 g/mol. The Kier molecular flexibility index (Phi) is 4.06. The van der Waals surface area contributed by atoms with E-state index in [9.17, 15) is 13.2 Å². The van der Waals surface area contributed by atoms with Crippen LogP contribution in [-0.2, 0) is 14.8 Å². The summed E-state index contributed by atoms with van der Waals surface area (Å²) in [5, 5.41) is 17.6. The van der Waals surface area contributed by atoms with Gasteiger partial charge in [-0.3, -0.25) is 4.79 Å². The summed E-state index contributed by atoms with van der Waals surface area (Å²) in [4.78, 5) is 11.0. The Morgan fingerprint density at radius 3 is 2.25 bits per heavy atom. The van der Waals surface area contributed by atoms with Gasteiger partial charge in [0, 0.05) is 13.1 Å². The third-order valence-electron chi connectivity index (χ3n) is 3.42. The van der Waals surface area contributed by atoms with E-state index in [0.29, 0.717) is 18.4 Å². The van der Waals surface area contributed by atoms with Crippen LogP contribution in [0.3, 0.4) is 0 Å². The molecular weight excluding hydrogens is 280 g/mol. The maximum absolute atomic E-state index is 12.4. The molecule has 20 heavy (non-hydrogen) atoms. The summed E-state index contributed by atoms with van der Waals surface area (Å²) in [6, 6.07) is 7.64. The van der Waals surface area contributed by atoms with Crippen molar-refractivity contribution >= 4 is 16.0 Å². The van der Waals surface area contributed by atoms with E-state index in [1.807, 2.05) is 6.07 Å². The van der Waals surface area contributed by atoms with Crippen molar-refractivity contribution in [1.82, 2.24) is 4.31 Å². The summed E-state index contributed by atoms with van der Waals surface area (Å²) in [6.07, 6.45) is 0.648. The molecule has 0 unspecified atom stereocenters. The minimum Gasteiger partial charge on any atom is -0.481 e. The molecule has 0 amide bonds. The second-order valence-electron chi connectivity index (χ2n) is 4.65. The van der Waals surface area contributed by atoms with Crippen LogP contribution in [0.5, 0.6) is 0 Å². The largest absolute Gasteiger partial charge is 0.481 e. The first-order valence-electron chi connectivity index (χ1n) is 6.18. The number of hydrogen-bond donors (Lipinski definition) is 1. The molecule has 6 nitrogen and oxygen atoms in total. The maximum Gasteiger partial charge on any atom is 0.306 e. The predicted molar refractivity (Wildman–Crippen MR) is 70.3 cm³/mol. The topological polar surface area (TPSA) is 98.5 Å². The lowest BCUT2D eigenvalue weighted by atomic mass is 9.99. The molecular formula is C13H14N2O4S. The zero-order valence-corrected chi connectivity index (χ0v) is 11.5. The number of hydrogen-bond acceptors (Lipinski definition) is 4. The first-order valence-corrected chi connectivity index (χ1v) is 7.62. The molecule has 1 aromatic rings. The van der Waals surface area contributed by atoms with Crippen LogP contribution in [0.1, 0.15) is 18.4 Å². The Labute approximate surface area is 117 Å². The van der Waals surface area contributed by atoms with Gasteiger partial charge in [-0.05, 0) is 37.1 Å². The van der Waals surface area contributed by atoms with E-state index in [4.69, 9.17) is 10.4 Å².